The number of fused-ring (bicyclic) bond motifs is 1. The zero-order chi connectivity index (χ0) is 25.4. The minimum atomic E-state index is -0.831. The summed E-state index contributed by atoms with van der Waals surface area (Å²) in [6, 6.07) is 14.6. The molecule has 3 fully saturated rings. The van der Waals surface area contributed by atoms with Crippen LogP contribution in [-0.2, 0) is 14.4 Å². The maximum absolute atomic E-state index is 14.2. The van der Waals surface area contributed by atoms with Crippen molar-refractivity contribution in [3.05, 3.63) is 65.2 Å². The number of carbonyl (C=O) groups is 3. The van der Waals surface area contributed by atoms with Crippen LogP contribution in [0.25, 0.3) is 0 Å². The number of carbonyl (C=O) groups excluding carboxylic acids is 3. The largest absolute Gasteiger partial charge is 0.394 e. The van der Waals surface area contributed by atoms with Gasteiger partial charge in [0.15, 0.2) is 0 Å². The lowest BCUT2D eigenvalue weighted by atomic mass is 9.70. The van der Waals surface area contributed by atoms with Crippen molar-refractivity contribution < 1.29 is 19.5 Å². The van der Waals surface area contributed by atoms with E-state index in [4.69, 9.17) is 11.6 Å². The van der Waals surface area contributed by atoms with Crippen LogP contribution in [0.3, 0.4) is 0 Å². The van der Waals surface area contributed by atoms with E-state index in [-0.39, 0.29) is 29.6 Å². The maximum Gasteiger partial charge on any atom is 0.248 e. The van der Waals surface area contributed by atoms with Crippen molar-refractivity contribution in [3.8, 4) is 0 Å². The number of amides is 3. The lowest BCUT2D eigenvalue weighted by Crippen LogP contribution is -2.52. The Labute approximate surface area is 220 Å². The van der Waals surface area contributed by atoms with Crippen LogP contribution in [0.2, 0.25) is 5.02 Å². The lowest BCUT2D eigenvalue weighted by Gasteiger charge is -2.37. The van der Waals surface area contributed by atoms with E-state index in [0.717, 1.165) is 18.4 Å². The molecule has 2 aromatic rings. The highest BCUT2D eigenvalue weighted by Gasteiger charge is 2.74. The molecular weight excluding hydrogens is 498 g/mol. The van der Waals surface area contributed by atoms with Crippen LogP contribution in [0.5, 0.6) is 0 Å². The number of hydrogen-bond donors (Lipinski definition) is 3. The third-order valence-corrected chi connectivity index (χ3v) is 9.85. The van der Waals surface area contributed by atoms with Crippen molar-refractivity contribution in [2.75, 3.05) is 18.5 Å². The standard InChI is InChI=1S/C27H30ClN3O4S/c1-2-14-29-24(33)21-20-12-13-27(36-20)22(21)26(35)31(19(15-32)16-6-4-3-5-7-16)23(27)25(34)30-18-10-8-17(28)9-11-18/h3-11,19-23,32H,2,12-15H2,1H3,(H,29,33)(H,30,34)/t19-,20-,21+,22+,23?,27?/m1/s1. The van der Waals surface area contributed by atoms with E-state index in [1.165, 1.54) is 0 Å². The minimum Gasteiger partial charge on any atom is -0.394 e. The quantitative estimate of drug-likeness (QED) is 0.487. The summed E-state index contributed by atoms with van der Waals surface area (Å²) >= 11 is 7.63. The molecule has 36 heavy (non-hydrogen) atoms. The highest BCUT2D eigenvalue weighted by Crippen LogP contribution is 2.67. The number of benzene rings is 2. The molecule has 7 nitrogen and oxygen atoms in total. The molecule has 2 aromatic carbocycles. The Morgan fingerprint density at radius 3 is 2.56 bits per heavy atom. The van der Waals surface area contributed by atoms with E-state index in [1.54, 1.807) is 40.9 Å². The molecule has 3 heterocycles. The number of halogens is 1. The third-order valence-electron chi connectivity index (χ3n) is 7.64. The van der Waals surface area contributed by atoms with E-state index >= 15 is 0 Å². The monoisotopic (exact) mass is 527 g/mol. The molecule has 0 aliphatic carbocycles. The first-order valence-corrected chi connectivity index (χ1v) is 13.7. The fourth-order valence-electron chi connectivity index (χ4n) is 6.17. The molecule has 5 rings (SSSR count). The molecule has 3 aliphatic heterocycles. The Kier molecular flexibility index (Phi) is 7.03. The molecule has 3 aliphatic rings. The van der Waals surface area contributed by atoms with E-state index in [0.29, 0.717) is 23.7 Å². The fourth-order valence-corrected chi connectivity index (χ4v) is 8.50. The number of nitrogens with zero attached hydrogens (tertiary/aromatic N) is 1. The molecule has 2 unspecified atom stereocenters. The van der Waals surface area contributed by atoms with Gasteiger partial charge in [-0.1, -0.05) is 48.9 Å². The van der Waals surface area contributed by atoms with Crippen LogP contribution >= 0.6 is 23.4 Å². The van der Waals surface area contributed by atoms with Crippen molar-refractivity contribution >= 4 is 46.8 Å². The summed E-state index contributed by atoms with van der Waals surface area (Å²) in [5.74, 6) is -1.77. The normalized spacial score (nSPS) is 29.2. The van der Waals surface area contributed by atoms with Gasteiger partial charge in [0, 0.05) is 22.5 Å². The van der Waals surface area contributed by atoms with Gasteiger partial charge < -0.3 is 20.6 Å². The third kappa shape index (κ3) is 4.09. The van der Waals surface area contributed by atoms with Gasteiger partial charge in [0.25, 0.3) is 0 Å². The van der Waals surface area contributed by atoms with Gasteiger partial charge in [-0.05, 0) is 49.1 Å². The van der Waals surface area contributed by atoms with E-state index in [2.05, 4.69) is 10.6 Å². The molecular formula is C27H30ClN3O4S. The van der Waals surface area contributed by atoms with Crippen molar-refractivity contribution in [2.45, 2.75) is 48.3 Å². The summed E-state index contributed by atoms with van der Waals surface area (Å²) in [6.07, 6.45) is 2.24. The van der Waals surface area contributed by atoms with Crippen molar-refractivity contribution in [2.24, 2.45) is 11.8 Å². The fraction of sp³-hybridized carbons (Fsp3) is 0.444. The molecule has 6 atom stereocenters. The number of aliphatic hydroxyl groups is 1. The number of nitrogens with one attached hydrogen (secondary N) is 2. The molecule has 9 heteroatoms. The molecule has 1 spiro atoms. The van der Waals surface area contributed by atoms with Crippen molar-refractivity contribution in [3.63, 3.8) is 0 Å². The Hall–Kier alpha value is -2.55. The topological polar surface area (TPSA) is 98.7 Å². The Morgan fingerprint density at radius 2 is 1.89 bits per heavy atom. The van der Waals surface area contributed by atoms with Crippen LogP contribution in [0.1, 0.15) is 37.8 Å². The Balaban J connectivity index is 1.56. The molecule has 2 bridgehead atoms. The zero-order valence-corrected chi connectivity index (χ0v) is 21.6. The first kappa shape index (κ1) is 25.1. The minimum absolute atomic E-state index is 0.00640. The second kappa shape index (κ2) is 10.1. The number of rotatable bonds is 8. The van der Waals surface area contributed by atoms with Gasteiger partial charge in [0.2, 0.25) is 17.7 Å². The summed E-state index contributed by atoms with van der Waals surface area (Å²) in [5.41, 5.74) is 1.33. The first-order valence-electron chi connectivity index (χ1n) is 12.4. The van der Waals surface area contributed by atoms with Gasteiger partial charge in [0.1, 0.15) is 6.04 Å². The van der Waals surface area contributed by atoms with E-state index < -0.39 is 28.7 Å². The van der Waals surface area contributed by atoms with Crippen molar-refractivity contribution in [1.29, 1.82) is 0 Å². The number of likely N-dealkylation sites (tertiary alicyclic amines) is 1. The molecule has 0 saturated carbocycles. The number of anilines is 1. The zero-order valence-electron chi connectivity index (χ0n) is 20.0. The maximum atomic E-state index is 14.2. The number of thioether (sulfide) groups is 1. The molecule has 0 aromatic heterocycles. The summed E-state index contributed by atoms with van der Waals surface area (Å²) in [6.45, 7) is 2.21. The van der Waals surface area contributed by atoms with Crippen molar-refractivity contribution in [1.82, 2.24) is 10.2 Å². The number of hydrogen-bond acceptors (Lipinski definition) is 5. The predicted octanol–water partition coefficient (Wildman–Crippen LogP) is 3.63. The second-order valence-corrected chi connectivity index (χ2v) is 11.7. The van der Waals surface area contributed by atoms with Crippen LogP contribution in [0.15, 0.2) is 54.6 Å². The predicted molar refractivity (Wildman–Crippen MR) is 141 cm³/mol. The highest BCUT2D eigenvalue weighted by atomic mass is 35.5. The van der Waals surface area contributed by atoms with Crippen LogP contribution < -0.4 is 10.6 Å². The molecule has 3 N–H and O–H groups in total. The first-order chi connectivity index (χ1) is 17.4. The summed E-state index contributed by atoms with van der Waals surface area (Å²) in [4.78, 5) is 42.9. The van der Waals surface area contributed by atoms with Gasteiger partial charge in [0.05, 0.1) is 29.2 Å². The van der Waals surface area contributed by atoms with Gasteiger partial charge in [-0.2, -0.15) is 0 Å². The SMILES string of the molecule is CCCNC(=O)[C@@H]1[C@H]2C(=O)N([C@H](CO)c3ccccc3)C(C(=O)Nc3ccc(Cl)cc3)C23CC[C@H]1S3. The molecule has 3 amide bonds. The van der Waals surface area contributed by atoms with Crippen LogP contribution in [-0.4, -0.2) is 56.9 Å². The van der Waals surface area contributed by atoms with Crippen LogP contribution in [0, 0.1) is 11.8 Å². The van der Waals surface area contributed by atoms with Gasteiger partial charge in [-0.25, -0.2) is 0 Å². The second-order valence-electron chi connectivity index (χ2n) is 9.70. The smallest absolute Gasteiger partial charge is 0.248 e. The van der Waals surface area contributed by atoms with Gasteiger partial charge in [-0.3, -0.25) is 14.4 Å². The summed E-state index contributed by atoms with van der Waals surface area (Å²) < 4.78 is -0.727. The molecule has 3 saturated heterocycles. The highest BCUT2D eigenvalue weighted by molar-refractivity contribution is 8.02. The van der Waals surface area contributed by atoms with Gasteiger partial charge in [-0.15, -0.1) is 11.8 Å². The summed E-state index contributed by atoms with van der Waals surface area (Å²) in [5, 5.41) is 17.0. The Morgan fingerprint density at radius 1 is 1.17 bits per heavy atom. The van der Waals surface area contributed by atoms with E-state index in [1.807, 2.05) is 37.3 Å². The molecule has 0 radical (unpaired) electrons. The average Bonchev–Trinajstić information content (AvgIpc) is 3.53. The lowest BCUT2D eigenvalue weighted by molar-refractivity contribution is -0.142. The summed E-state index contributed by atoms with van der Waals surface area (Å²) in [7, 11) is 0. The average molecular weight is 528 g/mol. The van der Waals surface area contributed by atoms with Crippen LogP contribution in [0.4, 0.5) is 5.69 Å². The number of aliphatic hydroxyl groups excluding tert-OH is 1. The molecule has 190 valence electrons. The van der Waals surface area contributed by atoms with E-state index in [9.17, 15) is 19.5 Å². The van der Waals surface area contributed by atoms with Gasteiger partial charge >= 0.3 is 0 Å². The Bertz CT molecular complexity index is 1150.